The normalized spacial score (nSPS) is 10.9. The molecule has 0 bridgehead atoms. The van der Waals surface area contributed by atoms with Gasteiger partial charge in [-0.2, -0.15) is 0 Å². The Labute approximate surface area is 148 Å². The standard InChI is InChI=1S/C18H13ClN2O4/c19-12-5-7-13(8-6-12)20-16(22)11-24-18(23)10-9-17-21-14-3-1-2-4-15(14)25-17/h1-10H,11H2,(H,20,22)/b10-9+. The zero-order valence-corrected chi connectivity index (χ0v) is 13.7. The van der Waals surface area contributed by atoms with Crippen molar-refractivity contribution in [3.63, 3.8) is 0 Å². The van der Waals surface area contributed by atoms with Gasteiger partial charge in [0.1, 0.15) is 5.52 Å². The van der Waals surface area contributed by atoms with E-state index in [4.69, 9.17) is 20.8 Å². The quantitative estimate of drug-likeness (QED) is 0.557. The van der Waals surface area contributed by atoms with Gasteiger partial charge in [-0.1, -0.05) is 23.7 Å². The molecule has 0 radical (unpaired) electrons. The summed E-state index contributed by atoms with van der Waals surface area (Å²) in [4.78, 5) is 27.6. The second-order valence-corrected chi connectivity index (χ2v) is 5.45. The van der Waals surface area contributed by atoms with Crippen molar-refractivity contribution < 1.29 is 18.7 Å². The number of benzene rings is 2. The summed E-state index contributed by atoms with van der Waals surface area (Å²) in [6, 6.07) is 13.8. The summed E-state index contributed by atoms with van der Waals surface area (Å²) in [6.07, 6.45) is 2.54. The number of carbonyl (C=O) groups excluding carboxylic acids is 2. The highest BCUT2D eigenvalue weighted by atomic mass is 35.5. The molecule has 0 saturated heterocycles. The van der Waals surface area contributed by atoms with Gasteiger partial charge >= 0.3 is 5.97 Å². The maximum Gasteiger partial charge on any atom is 0.331 e. The first kappa shape index (κ1) is 16.7. The minimum atomic E-state index is -0.673. The third-order valence-electron chi connectivity index (χ3n) is 3.15. The molecule has 0 aliphatic heterocycles. The van der Waals surface area contributed by atoms with Gasteiger partial charge in [0.2, 0.25) is 5.89 Å². The highest BCUT2D eigenvalue weighted by Crippen LogP contribution is 2.15. The van der Waals surface area contributed by atoms with Gasteiger partial charge in [0.15, 0.2) is 12.2 Å². The van der Waals surface area contributed by atoms with E-state index >= 15 is 0 Å². The van der Waals surface area contributed by atoms with Crippen molar-refractivity contribution >= 4 is 46.3 Å². The molecule has 0 spiro atoms. The Morgan fingerprint density at radius 3 is 2.68 bits per heavy atom. The van der Waals surface area contributed by atoms with Crippen LogP contribution < -0.4 is 5.32 Å². The van der Waals surface area contributed by atoms with Crippen molar-refractivity contribution in [1.82, 2.24) is 4.98 Å². The second kappa shape index (κ2) is 7.63. The average molecular weight is 357 g/mol. The van der Waals surface area contributed by atoms with E-state index < -0.39 is 18.5 Å². The van der Waals surface area contributed by atoms with Crippen LogP contribution in [0.3, 0.4) is 0 Å². The molecule has 1 aromatic heterocycles. The molecule has 1 amide bonds. The number of para-hydroxylation sites is 2. The molecule has 0 unspecified atom stereocenters. The molecule has 0 aliphatic rings. The highest BCUT2D eigenvalue weighted by Gasteiger charge is 2.07. The van der Waals surface area contributed by atoms with E-state index in [1.165, 1.54) is 6.08 Å². The molecule has 3 aromatic rings. The van der Waals surface area contributed by atoms with Crippen molar-refractivity contribution in [1.29, 1.82) is 0 Å². The number of nitrogens with zero attached hydrogens (tertiary/aromatic N) is 1. The van der Waals surface area contributed by atoms with Crippen LogP contribution in [0.1, 0.15) is 5.89 Å². The lowest BCUT2D eigenvalue weighted by Crippen LogP contribution is -2.20. The molecule has 7 heteroatoms. The van der Waals surface area contributed by atoms with Crippen LogP contribution >= 0.6 is 11.6 Å². The number of hydrogen-bond acceptors (Lipinski definition) is 5. The van der Waals surface area contributed by atoms with Gasteiger partial charge in [-0.05, 0) is 36.4 Å². The fourth-order valence-electron chi connectivity index (χ4n) is 2.02. The molecular weight excluding hydrogens is 344 g/mol. The van der Waals surface area contributed by atoms with Gasteiger partial charge in [-0.25, -0.2) is 9.78 Å². The van der Waals surface area contributed by atoms with Crippen LogP contribution in [0.2, 0.25) is 5.02 Å². The second-order valence-electron chi connectivity index (χ2n) is 5.02. The maximum atomic E-state index is 11.7. The van der Waals surface area contributed by atoms with Crippen molar-refractivity contribution in [2.75, 3.05) is 11.9 Å². The maximum absolute atomic E-state index is 11.7. The van der Waals surface area contributed by atoms with E-state index in [9.17, 15) is 9.59 Å². The van der Waals surface area contributed by atoms with Crippen LogP contribution in [0, 0.1) is 0 Å². The Morgan fingerprint density at radius 1 is 1.16 bits per heavy atom. The summed E-state index contributed by atoms with van der Waals surface area (Å²) in [5, 5.41) is 3.15. The summed E-state index contributed by atoms with van der Waals surface area (Å²) < 4.78 is 10.3. The van der Waals surface area contributed by atoms with Gasteiger partial charge in [0.25, 0.3) is 5.91 Å². The smallest absolute Gasteiger partial charge is 0.331 e. The number of rotatable bonds is 5. The Kier molecular flexibility index (Phi) is 5.11. The van der Waals surface area contributed by atoms with E-state index in [0.717, 1.165) is 6.08 Å². The average Bonchev–Trinajstić information content (AvgIpc) is 3.03. The molecule has 2 aromatic carbocycles. The Morgan fingerprint density at radius 2 is 1.92 bits per heavy atom. The Bertz CT molecular complexity index is 899. The van der Waals surface area contributed by atoms with Gasteiger partial charge in [0, 0.05) is 22.9 Å². The van der Waals surface area contributed by atoms with Crippen LogP contribution in [-0.2, 0) is 14.3 Å². The Hall–Kier alpha value is -3.12. The number of carbonyl (C=O) groups is 2. The molecule has 25 heavy (non-hydrogen) atoms. The van der Waals surface area contributed by atoms with Gasteiger partial charge in [-0.3, -0.25) is 4.79 Å². The van der Waals surface area contributed by atoms with Crippen molar-refractivity contribution in [2.24, 2.45) is 0 Å². The number of fused-ring (bicyclic) bond motifs is 1. The predicted molar refractivity (Wildman–Crippen MR) is 94.1 cm³/mol. The highest BCUT2D eigenvalue weighted by molar-refractivity contribution is 6.30. The van der Waals surface area contributed by atoms with Gasteiger partial charge in [-0.15, -0.1) is 0 Å². The third-order valence-corrected chi connectivity index (χ3v) is 3.40. The van der Waals surface area contributed by atoms with Crippen molar-refractivity contribution in [2.45, 2.75) is 0 Å². The number of hydrogen-bond donors (Lipinski definition) is 1. The number of nitrogens with one attached hydrogen (secondary N) is 1. The van der Waals surface area contributed by atoms with Crippen LogP contribution in [0.25, 0.3) is 17.2 Å². The van der Waals surface area contributed by atoms with Crippen LogP contribution in [0.5, 0.6) is 0 Å². The molecule has 6 nitrogen and oxygen atoms in total. The van der Waals surface area contributed by atoms with Crippen LogP contribution in [0.4, 0.5) is 5.69 Å². The molecule has 1 heterocycles. The zero-order chi connectivity index (χ0) is 17.6. The van der Waals surface area contributed by atoms with E-state index in [2.05, 4.69) is 10.3 Å². The third kappa shape index (κ3) is 4.68. The number of anilines is 1. The summed E-state index contributed by atoms with van der Waals surface area (Å²) in [5.74, 6) is -0.844. The summed E-state index contributed by atoms with van der Waals surface area (Å²) in [6.45, 7) is -0.403. The van der Waals surface area contributed by atoms with Crippen molar-refractivity contribution in [3.05, 3.63) is 65.5 Å². The summed E-state index contributed by atoms with van der Waals surface area (Å²) in [5.41, 5.74) is 1.88. The van der Waals surface area contributed by atoms with Crippen LogP contribution in [0.15, 0.2) is 59.0 Å². The number of amides is 1. The lowest BCUT2D eigenvalue weighted by atomic mass is 10.3. The van der Waals surface area contributed by atoms with E-state index in [0.29, 0.717) is 21.8 Å². The minimum Gasteiger partial charge on any atom is -0.452 e. The topological polar surface area (TPSA) is 81.4 Å². The molecule has 0 fully saturated rings. The number of aromatic nitrogens is 1. The first-order valence-corrected chi connectivity index (χ1v) is 7.74. The largest absolute Gasteiger partial charge is 0.452 e. The SMILES string of the molecule is O=C(COC(=O)/C=C/c1nc2ccccc2o1)Nc1ccc(Cl)cc1. The fraction of sp³-hybridized carbons (Fsp3) is 0.0556. The first-order valence-electron chi connectivity index (χ1n) is 7.36. The molecule has 3 rings (SSSR count). The zero-order valence-electron chi connectivity index (χ0n) is 12.9. The van der Waals surface area contributed by atoms with Gasteiger partial charge in [0.05, 0.1) is 0 Å². The van der Waals surface area contributed by atoms with Gasteiger partial charge < -0.3 is 14.5 Å². The number of halogens is 1. The minimum absolute atomic E-state index is 0.281. The first-order chi connectivity index (χ1) is 12.1. The van der Waals surface area contributed by atoms with E-state index in [-0.39, 0.29) is 5.89 Å². The van der Waals surface area contributed by atoms with E-state index in [1.807, 2.05) is 12.1 Å². The number of esters is 1. The summed E-state index contributed by atoms with van der Waals surface area (Å²) in [7, 11) is 0. The monoisotopic (exact) mass is 356 g/mol. The fourth-order valence-corrected chi connectivity index (χ4v) is 2.14. The molecule has 0 aliphatic carbocycles. The molecular formula is C18H13ClN2O4. The molecule has 0 saturated carbocycles. The number of oxazole rings is 1. The van der Waals surface area contributed by atoms with Crippen molar-refractivity contribution in [3.8, 4) is 0 Å². The predicted octanol–water partition coefficient (Wildman–Crippen LogP) is 3.68. The Balaban J connectivity index is 1.50. The molecule has 1 N–H and O–H groups in total. The number of ether oxygens (including phenoxy) is 1. The van der Waals surface area contributed by atoms with Crippen LogP contribution in [-0.4, -0.2) is 23.5 Å². The molecule has 0 atom stereocenters. The lowest BCUT2D eigenvalue weighted by molar-refractivity contribution is -0.142. The summed E-state index contributed by atoms with van der Waals surface area (Å²) >= 11 is 5.76. The van der Waals surface area contributed by atoms with E-state index in [1.54, 1.807) is 36.4 Å². The molecule has 126 valence electrons. The lowest BCUT2D eigenvalue weighted by Gasteiger charge is -2.05.